The number of hydrogen-bond donors (Lipinski definition) is 2. The van der Waals surface area contributed by atoms with E-state index in [2.05, 4.69) is 4.98 Å². The Hall–Kier alpha value is -1.44. The number of rotatable bonds is 1. The first-order chi connectivity index (χ1) is 5.17. The second kappa shape index (κ2) is 2.66. The molecule has 1 rings (SSSR count). The highest BCUT2D eigenvalue weighted by atomic mass is 16.3. The number of hydrogen-bond acceptors (Lipinski definition) is 4. The third-order valence-electron chi connectivity index (χ3n) is 1.27. The highest BCUT2D eigenvalue weighted by Crippen LogP contribution is 2.10. The fourth-order valence-corrected chi connectivity index (χ4v) is 0.653. The average Bonchev–Trinajstić information content (AvgIpc) is 2.06. The molecule has 11 heavy (non-hydrogen) atoms. The third kappa shape index (κ3) is 1.52. The summed E-state index contributed by atoms with van der Waals surface area (Å²) in [5.41, 5.74) is 3.56. The van der Waals surface area contributed by atoms with Gasteiger partial charge >= 0.3 is 0 Å². The molecule has 56 valence electrons. The fraction of sp³-hybridized carbons (Fsp3) is 0.143. The van der Waals surface area contributed by atoms with Crippen molar-refractivity contribution in [1.82, 2.24) is 4.98 Å². The number of nitrogens with zero attached hydrogens (tertiary/aromatic N) is 2. The molecule has 4 heteroatoms. The van der Waals surface area contributed by atoms with Crippen LogP contribution in [-0.2, 0) is 5.72 Å². The van der Waals surface area contributed by atoms with E-state index in [1.165, 1.54) is 18.5 Å². The Morgan fingerprint density at radius 1 is 1.73 bits per heavy atom. The molecule has 1 heterocycles. The first kappa shape index (κ1) is 7.66. The molecule has 0 aromatic carbocycles. The zero-order valence-corrected chi connectivity index (χ0v) is 5.73. The summed E-state index contributed by atoms with van der Waals surface area (Å²) in [4.78, 5) is 3.71. The van der Waals surface area contributed by atoms with Gasteiger partial charge in [0, 0.05) is 18.0 Å². The zero-order valence-electron chi connectivity index (χ0n) is 5.73. The molecule has 0 bridgehead atoms. The molecule has 0 aliphatic rings. The van der Waals surface area contributed by atoms with Crippen LogP contribution in [0.25, 0.3) is 0 Å². The predicted molar refractivity (Wildman–Crippen MR) is 37.9 cm³/mol. The van der Waals surface area contributed by atoms with Crippen LogP contribution >= 0.6 is 0 Å². The third-order valence-corrected chi connectivity index (χ3v) is 1.27. The number of aliphatic hydroxyl groups is 1. The Balaban J connectivity index is 3.05. The normalized spacial score (nSPS) is 15.0. The fourth-order valence-electron chi connectivity index (χ4n) is 0.653. The van der Waals surface area contributed by atoms with E-state index in [-0.39, 0.29) is 0 Å². The van der Waals surface area contributed by atoms with Crippen LogP contribution < -0.4 is 5.73 Å². The summed E-state index contributed by atoms with van der Waals surface area (Å²) in [5.74, 6) is 0. The predicted octanol–water partition coefficient (Wildman–Crippen LogP) is -0.291. The van der Waals surface area contributed by atoms with Crippen molar-refractivity contribution in [2.24, 2.45) is 5.73 Å². The van der Waals surface area contributed by atoms with Crippen molar-refractivity contribution in [2.45, 2.75) is 5.72 Å². The standard InChI is InChI=1S/C7H7N3O/c8-5-7(9,11)6-2-1-3-10-4-6/h1-4,11H,9H2. The highest BCUT2D eigenvalue weighted by Gasteiger charge is 2.22. The van der Waals surface area contributed by atoms with Gasteiger partial charge in [-0.05, 0) is 6.07 Å². The van der Waals surface area contributed by atoms with Gasteiger partial charge in [-0.2, -0.15) is 5.26 Å². The summed E-state index contributed by atoms with van der Waals surface area (Å²) in [6.45, 7) is 0. The van der Waals surface area contributed by atoms with E-state index in [1.54, 1.807) is 12.1 Å². The molecule has 0 saturated heterocycles. The van der Waals surface area contributed by atoms with Crippen LogP contribution in [0.15, 0.2) is 24.5 Å². The molecule has 3 N–H and O–H groups in total. The van der Waals surface area contributed by atoms with E-state index in [4.69, 9.17) is 11.0 Å². The van der Waals surface area contributed by atoms with E-state index in [0.29, 0.717) is 5.56 Å². The molecule has 1 atom stereocenters. The molecule has 1 aromatic heterocycles. The topological polar surface area (TPSA) is 82.9 Å². The van der Waals surface area contributed by atoms with Gasteiger partial charge in [0.1, 0.15) is 6.07 Å². The van der Waals surface area contributed by atoms with Crippen LogP contribution in [0.5, 0.6) is 0 Å². The lowest BCUT2D eigenvalue weighted by molar-refractivity contribution is 0.105. The molecular formula is C7H7N3O. The van der Waals surface area contributed by atoms with Gasteiger partial charge in [-0.15, -0.1) is 0 Å². The highest BCUT2D eigenvalue weighted by molar-refractivity contribution is 5.22. The summed E-state index contributed by atoms with van der Waals surface area (Å²) in [6.07, 6.45) is 2.89. The minimum Gasteiger partial charge on any atom is -0.360 e. The number of nitriles is 1. The van der Waals surface area contributed by atoms with E-state index >= 15 is 0 Å². The minimum atomic E-state index is -1.92. The summed E-state index contributed by atoms with van der Waals surface area (Å²) >= 11 is 0. The molecule has 4 nitrogen and oxygen atoms in total. The van der Waals surface area contributed by atoms with Crippen molar-refractivity contribution in [3.05, 3.63) is 30.1 Å². The van der Waals surface area contributed by atoms with Gasteiger partial charge in [0.05, 0.1) is 0 Å². The van der Waals surface area contributed by atoms with Crippen molar-refractivity contribution < 1.29 is 5.11 Å². The summed E-state index contributed by atoms with van der Waals surface area (Å²) in [6, 6.07) is 4.69. The van der Waals surface area contributed by atoms with E-state index < -0.39 is 5.72 Å². The van der Waals surface area contributed by atoms with Gasteiger partial charge in [-0.1, -0.05) is 6.07 Å². The van der Waals surface area contributed by atoms with Crippen molar-refractivity contribution >= 4 is 0 Å². The van der Waals surface area contributed by atoms with Crippen LogP contribution in [0.1, 0.15) is 5.56 Å². The van der Waals surface area contributed by atoms with Crippen molar-refractivity contribution in [3.63, 3.8) is 0 Å². The quantitative estimate of drug-likeness (QED) is 0.424. The van der Waals surface area contributed by atoms with Gasteiger partial charge in [-0.3, -0.25) is 10.7 Å². The Bertz CT molecular complexity index is 275. The number of pyridine rings is 1. The van der Waals surface area contributed by atoms with Crippen LogP contribution in [0, 0.1) is 11.3 Å². The van der Waals surface area contributed by atoms with Crippen molar-refractivity contribution in [3.8, 4) is 6.07 Å². The Kier molecular flexibility index (Phi) is 1.85. The first-order valence-corrected chi connectivity index (χ1v) is 3.00. The SMILES string of the molecule is N#CC(N)(O)c1cccnc1. The van der Waals surface area contributed by atoms with Gasteiger partial charge < -0.3 is 5.11 Å². The maximum Gasteiger partial charge on any atom is 0.231 e. The summed E-state index contributed by atoms with van der Waals surface area (Å²) < 4.78 is 0. The minimum absolute atomic E-state index is 0.294. The molecule has 0 aliphatic heterocycles. The zero-order chi connectivity index (χ0) is 8.32. The van der Waals surface area contributed by atoms with E-state index in [0.717, 1.165) is 0 Å². The van der Waals surface area contributed by atoms with Crippen LogP contribution in [0.4, 0.5) is 0 Å². The molecule has 0 spiro atoms. The van der Waals surface area contributed by atoms with Gasteiger partial charge in [0.15, 0.2) is 0 Å². The second-order valence-electron chi connectivity index (χ2n) is 2.12. The molecular weight excluding hydrogens is 142 g/mol. The Labute approximate surface area is 63.9 Å². The van der Waals surface area contributed by atoms with E-state index in [1.807, 2.05) is 0 Å². The maximum absolute atomic E-state index is 9.17. The van der Waals surface area contributed by atoms with E-state index in [9.17, 15) is 5.11 Å². The first-order valence-electron chi connectivity index (χ1n) is 3.00. The smallest absolute Gasteiger partial charge is 0.231 e. The van der Waals surface area contributed by atoms with Crippen molar-refractivity contribution in [1.29, 1.82) is 5.26 Å². The molecule has 0 saturated carbocycles. The lowest BCUT2D eigenvalue weighted by Gasteiger charge is -2.12. The molecule has 0 radical (unpaired) electrons. The molecule has 0 fully saturated rings. The summed E-state index contributed by atoms with van der Waals surface area (Å²) in [5, 5.41) is 17.6. The largest absolute Gasteiger partial charge is 0.360 e. The molecule has 1 aromatic rings. The average molecular weight is 149 g/mol. The Morgan fingerprint density at radius 3 is 2.91 bits per heavy atom. The maximum atomic E-state index is 9.17. The van der Waals surface area contributed by atoms with Crippen molar-refractivity contribution in [2.75, 3.05) is 0 Å². The van der Waals surface area contributed by atoms with Gasteiger partial charge in [0.25, 0.3) is 0 Å². The van der Waals surface area contributed by atoms with Crippen LogP contribution in [-0.4, -0.2) is 10.1 Å². The monoisotopic (exact) mass is 149 g/mol. The van der Waals surface area contributed by atoms with Gasteiger partial charge in [0.2, 0.25) is 5.72 Å². The molecule has 0 amide bonds. The van der Waals surface area contributed by atoms with Crippen LogP contribution in [0.2, 0.25) is 0 Å². The second-order valence-corrected chi connectivity index (χ2v) is 2.12. The molecule has 1 unspecified atom stereocenters. The summed E-state index contributed by atoms with van der Waals surface area (Å²) in [7, 11) is 0. The Morgan fingerprint density at radius 2 is 2.45 bits per heavy atom. The lowest BCUT2D eigenvalue weighted by atomic mass is 10.1. The number of aromatic nitrogens is 1. The molecule has 0 aliphatic carbocycles. The number of nitrogens with two attached hydrogens (primary N) is 1. The lowest BCUT2D eigenvalue weighted by Crippen LogP contribution is -2.34. The van der Waals surface area contributed by atoms with Gasteiger partial charge in [-0.25, -0.2) is 0 Å². The van der Waals surface area contributed by atoms with Crippen LogP contribution in [0.3, 0.4) is 0 Å².